The second-order valence-corrected chi connectivity index (χ2v) is 6.41. The van der Waals surface area contributed by atoms with E-state index in [1.165, 1.54) is 0 Å². The second-order valence-electron chi connectivity index (χ2n) is 4.47. The zero-order chi connectivity index (χ0) is 15.6. The van der Waals surface area contributed by atoms with Crippen molar-refractivity contribution in [3.8, 4) is 0 Å². The van der Waals surface area contributed by atoms with Crippen molar-refractivity contribution in [2.75, 3.05) is 0 Å². The summed E-state index contributed by atoms with van der Waals surface area (Å²) in [6, 6.07) is 5.35. The van der Waals surface area contributed by atoms with E-state index in [2.05, 4.69) is 26.2 Å². The van der Waals surface area contributed by atoms with Gasteiger partial charge in [0.1, 0.15) is 9.88 Å². The van der Waals surface area contributed by atoms with E-state index >= 15 is 0 Å². The van der Waals surface area contributed by atoms with Crippen LogP contribution < -0.4 is 5.32 Å². The van der Waals surface area contributed by atoms with Gasteiger partial charge in [-0.15, -0.1) is 11.3 Å². The van der Waals surface area contributed by atoms with Crippen LogP contribution in [0.1, 0.15) is 36.3 Å². The van der Waals surface area contributed by atoms with Crippen LogP contribution in [0.3, 0.4) is 0 Å². The van der Waals surface area contributed by atoms with E-state index in [1.54, 1.807) is 19.1 Å². The topological polar surface area (TPSA) is 79.3 Å². The third-order valence-electron chi connectivity index (χ3n) is 2.87. The quantitative estimate of drug-likeness (QED) is 0.868. The number of benzene rings is 1. The molecular formula is C14H13BrN2O3S. The van der Waals surface area contributed by atoms with Gasteiger partial charge in [0.05, 0.1) is 12.2 Å². The van der Waals surface area contributed by atoms with Gasteiger partial charge in [0, 0.05) is 10.0 Å². The Morgan fingerprint density at radius 1 is 1.38 bits per heavy atom. The summed E-state index contributed by atoms with van der Waals surface area (Å²) in [5, 5.41) is 12.3. The highest BCUT2D eigenvalue weighted by atomic mass is 79.9. The van der Waals surface area contributed by atoms with Crippen molar-refractivity contribution in [1.29, 1.82) is 0 Å². The van der Waals surface area contributed by atoms with Crippen LogP contribution in [0.15, 0.2) is 22.7 Å². The Labute approximate surface area is 134 Å². The van der Waals surface area contributed by atoms with Crippen LogP contribution in [0.2, 0.25) is 0 Å². The predicted molar refractivity (Wildman–Crippen MR) is 83.9 cm³/mol. The molecule has 0 unspecified atom stereocenters. The number of rotatable bonds is 4. The summed E-state index contributed by atoms with van der Waals surface area (Å²) in [7, 11) is 0. The SMILES string of the molecule is Cc1ccc(C(=O)NCc2nc(C)c(C(=O)O)s2)cc1Br. The van der Waals surface area contributed by atoms with Gasteiger partial charge in [-0.3, -0.25) is 4.79 Å². The number of nitrogens with zero attached hydrogens (tertiary/aromatic N) is 1. The first-order valence-electron chi connectivity index (χ1n) is 6.12. The Balaban J connectivity index is 2.05. The van der Waals surface area contributed by atoms with Gasteiger partial charge in [-0.2, -0.15) is 0 Å². The Morgan fingerprint density at radius 2 is 2.10 bits per heavy atom. The number of nitrogens with one attached hydrogen (secondary N) is 1. The number of aromatic nitrogens is 1. The number of amides is 1. The van der Waals surface area contributed by atoms with E-state index in [-0.39, 0.29) is 17.3 Å². The van der Waals surface area contributed by atoms with Crippen LogP contribution >= 0.6 is 27.3 Å². The summed E-state index contributed by atoms with van der Waals surface area (Å²) < 4.78 is 0.869. The van der Waals surface area contributed by atoms with Gasteiger partial charge in [-0.1, -0.05) is 22.0 Å². The fraction of sp³-hybridized carbons (Fsp3) is 0.214. The number of carboxylic acid groups (broad SMARTS) is 1. The Kier molecular flexibility index (Phi) is 4.74. The molecule has 0 saturated carbocycles. The molecule has 1 aromatic heterocycles. The van der Waals surface area contributed by atoms with Crippen molar-refractivity contribution in [2.24, 2.45) is 0 Å². The molecule has 0 aliphatic carbocycles. The molecule has 2 aromatic rings. The van der Waals surface area contributed by atoms with Crippen molar-refractivity contribution in [3.05, 3.63) is 49.4 Å². The maximum absolute atomic E-state index is 12.0. The average Bonchev–Trinajstić information content (AvgIpc) is 2.80. The van der Waals surface area contributed by atoms with Crippen LogP contribution in [0.25, 0.3) is 0 Å². The molecule has 0 fully saturated rings. The van der Waals surface area contributed by atoms with Crippen LogP contribution in [0, 0.1) is 13.8 Å². The van der Waals surface area contributed by atoms with Crippen LogP contribution in [-0.4, -0.2) is 22.0 Å². The maximum Gasteiger partial charge on any atom is 0.347 e. The van der Waals surface area contributed by atoms with Gasteiger partial charge in [0.2, 0.25) is 0 Å². The number of thiazole rings is 1. The van der Waals surface area contributed by atoms with E-state index in [1.807, 2.05) is 13.0 Å². The molecule has 0 aliphatic rings. The average molecular weight is 369 g/mol. The molecule has 1 heterocycles. The first-order chi connectivity index (χ1) is 9.88. The molecule has 7 heteroatoms. The molecule has 0 spiro atoms. The second kappa shape index (κ2) is 6.36. The van der Waals surface area contributed by atoms with Crippen molar-refractivity contribution in [3.63, 3.8) is 0 Å². The highest BCUT2D eigenvalue weighted by Gasteiger charge is 2.14. The summed E-state index contributed by atoms with van der Waals surface area (Å²) >= 11 is 4.46. The van der Waals surface area contributed by atoms with E-state index < -0.39 is 5.97 Å². The van der Waals surface area contributed by atoms with Gasteiger partial charge in [-0.25, -0.2) is 9.78 Å². The molecule has 110 valence electrons. The lowest BCUT2D eigenvalue weighted by atomic mass is 10.1. The van der Waals surface area contributed by atoms with E-state index in [0.717, 1.165) is 21.4 Å². The predicted octanol–water partition coefficient (Wildman–Crippen LogP) is 3.15. The zero-order valence-corrected chi connectivity index (χ0v) is 13.8. The lowest BCUT2D eigenvalue weighted by Crippen LogP contribution is -2.22. The third-order valence-corrected chi connectivity index (χ3v) is 4.87. The minimum Gasteiger partial charge on any atom is -0.477 e. The first-order valence-corrected chi connectivity index (χ1v) is 7.73. The molecule has 1 aromatic carbocycles. The summed E-state index contributed by atoms with van der Waals surface area (Å²) in [5.41, 5.74) is 2.06. The molecule has 2 rings (SSSR count). The van der Waals surface area contributed by atoms with Crippen molar-refractivity contribution < 1.29 is 14.7 Å². The Bertz CT molecular complexity index is 712. The molecule has 0 radical (unpaired) electrons. The minimum absolute atomic E-state index is 0.206. The molecule has 5 nitrogen and oxygen atoms in total. The third kappa shape index (κ3) is 3.68. The highest BCUT2D eigenvalue weighted by Crippen LogP contribution is 2.19. The van der Waals surface area contributed by atoms with Crippen molar-refractivity contribution in [2.45, 2.75) is 20.4 Å². The summed E-state index contributed by atoms with van der Waals surface area (Å²) in [4.78, 5) is 27.3. The molecular weight excluding hydrogens is 356 g/mol. The largest absolute Gasteiger partial charge is 0.477 e. The molecule has 0 saturated heterocycles. The Hall–Kier alpha value is -1.73. The number of carbonyl (C=O) groups is 2. The standard InChI is InChI=1S/C14H13BrN2O3S/c1-7-3-4-9(5-10(7)15)13(18)16-6-11-17-8(2)12(21-11)14(19)20/h3-5H,6H2,1-2H3,(H,16,18)(H,19,20). The zero-order valence-electron chi connectivity index (χ0n) is 11.4. The van der Waals surface area contributed by atoms with Gasteiger partial charge >= 0.3 is 5.97 Å². The summed E-state index contributed by atoms with van der Waals surface area (Å²) in [6.07, 6.45) is 0. The fourth-order valence-electron chi connectivity index (χ4n) is 1.72. The van der Waals surface area contributed by atoms with Gasteiger partial charge < -0.3 is 10.4 Å². The lowest BCUT2D eigenvalue weighted by molar-refractivity contribution is 0.0701. The number of hydrogen-bond acceptors (Lipinski definition) is 4. The van der Waals surface area contributed by atoms with Crippen LogP contribution in [0.5, 0.6) is 0 Å². The Morgan fingerprint density at radius 3 is 2.67 bits per heavy atom. The summed E-state index contributed by atoms with van der Waals surface area (Å²) in [5.74, 6) is -1.22. The van der Waals surface area contributed by atoms with E-state index in [9.17, 15) is 9.59 Å². The van der Waals surface area contributed by atoms with E-state index in [0.29, 0.717) is 16.3 Å². The molecule has 0 bridgehead atoms. The number of aryl methyl sites for hydroxylation is 2. The molecule has 0 aliphatic heterocycles. The molecule has 0 atom stereocenters. The smallest absolute Gasteiger partial charge is 0.347 e. The number of carbonyl (C=O) groups excluding carboxylic acids is 1. The van der Waals surface area contributed by atoms with Gasteiger partial charge in [0.25, 0.3) is 5.91 Å². The number of aromatic carboxylic acids is 1. The molecule has 21 heavy (non-hydrogen) atoms. The highest BCUT2D eigenvalue weighted by molar-refractivity contribution is 9.10. The normalized spacial score (nSPS) is 10.4. The van der Waals surface area contributed by atoms with E-state index in [4.69, 9.17) is 5.11 Å². The molecule has 2 N–H and O–H groups in total. The van der Waals surface area contributed by atoms with Crippen molar-refractivity contribution >= 4 is 39.1 Å². The van der Waals surface area contributed by atoms with Gasteiger partial charge in [0.15, 0.2) is 0 Å². The number of carboxylic acids is 1. The maximum atomic E-state index is 12.0. The fourth-order valence-corrected chi connectivity index (χ4v) is 2.94. The summed E-state index contributed by atoms with van der Waals surface area (Å²) in [6.45, 7) is 3.79. The monoisotopic (exact) mass is 368 g/mol. The van der Waals surface area contributed by atoms with Crippen LogP contribution in [-0.2, 0) is 6.54 Å². The number of hydrogen-bond donors (Lipinski definition) is 2. The van der Waals surface area contributed by atoms with Crippen molar-refractivity contribution in [1.82, 2.24) is 10.3 Å². The lowest BCUT2D eigenvalue weighted by Gasteiger charge is -2.05. The first kappa shape index (κ1) is 15.7. The number of halogens is 1. The van der Waals surface area contributed by atoms with Gasteiger partial charge in [-0.05, 0) is 31.5 Å². The molecule has 1 amide bonds. The minimum atomic E-state index is -0.995. The van der Waals surface area contributed by atoms with Crippen LogP contribution in [0.4, 0.5) is 0 Å².